The zero-order chi connectivity index (χ0) is 10.1. The number of ether oxygens (including phenoxy) is 1. The highest BCUT2D eigenvalue weighted by molar-refractivity contribution is 9.10. The maximum Gasteiger partial charge on any atom is 0.109 e. The average molecular weight is 259 g/mol. The standard InChI is InChI=1S/C9H11BrN2O2/c1-12-9(10)7(4-11-12)8(13)6-2-3-14-5-6/h4-5,8,13H,2-3H2,1H3. The number of halogens is 1. The normalized spacial score (nSPS) is 17.8. The van der Waals surface area contributed by atoms with Crippen LogP contribution in [0.5, 0.6) is 0 Å². The molecule has 0 radical (unpaired) electrons. The molecule has 0 fully saturated rings. The van der Waals surface area contributed by atoms with Gasteiger partial charge in [-0.15, -0.1) is 0 Å². The van der Waals surface area contributed by atoms with Gasteiger partial charge in [-0.2, -0.15) is 5.10 Å². The maximum absolute atomic E-state index is 9.98. The molecule has 76 valence electrons. The van der Waals surface area contributed by atoms with E-state index in [9.17, 15) is 5.11 Å². The Morgan fingerprint density at radius 2 is 2.50 bits per heavy atom. The van der Waals surface area contributed by atoms with Crippen molar-refractivity contribution in [3.63, 3.8) is 0 Å². The fourth-order valence-electron chi connectivity index (χ4n) is 1.43. The van der Waals surface area contributed by atoms with Crippen molar-refractivity contribution in [2.75, 3.05) is 6.61 Å². The van der Waals surface area contributed by atoms with Crippen LogP contribution in [0.2, 0.25) is 0 Å². The molecule has 1 aliphatic heterocycles. The second-order valence-electron chi connectivity index (χ2n) is 3.23. The van der Waals surface area contributed by atoms with Gasteiger partial charge in [0, 0.05) is 24.6 Å². The monoisotopic (exact) mass is 258 g/mol. The zero-order valence-electron chi connectivity index (χ0n) is 7.77. The van der Waals surface area contributed by atoms with Crippen LogP contribution in [-0.2, 0) is 11.8 Å². The number of aryl methyl sites for hydroxylation is 1. The van der Waals surface area contributed by atoms with Crippen LogP contribution in [-0.4, -0.2) is 21.5 Å². The van der Waals surface area contributed by atoms with Crippen molar-refractivity contribution in [3.05, 3.63) is 28.2 Å². The van der Waals surface area contributed by atoms with Gasteiger partial charge in [-0.3, -0.25) is 4.68 Å². The molecule has 2 heterocycles. The summed E-state index contributed by atoms with van der Waals surface area (Å²) in [4.78, 5) is 0. The number of rotatable bonds is 2. The van der Waals surface area contributed by atoms with Gasteiger partial charge in [-0.05, 0) is 15.9 Å². The molecule has 0 spiro atoms. The van der Waals surface area contributed by atoms with Gasteiger partial charge in [0.1, 0.15) is 10.7 Å². The summed E-state index contributed by atoms with van der Waals surface area (Å²) in [6.45, 7) is 0.657. The largest absolute Gasteiger partial charge is 0.501 e. The van der Waals surface area contributed by atoms with E-state index in [2.05, 4.69) is 21.0 Å². The van der Waals surface area contributed by atoms with E-state index in [0.717, 1.165) is 22.2 Å². The summed E-state index contributed by atoms with van der Waals surface area (Å²) < 4.78 is 7.56. The van der Waals surface area contributed by atoms with E-state index in [0.29, 0.717) is 6.61 Å². The van der Waals surface area contributed by atoms with E-state index >= 15 is 0 Å². The minimum Gasteiger partial charge on any atom is -0.501 e. The molecule has 4 nitrogen and oxygen atoms in total. The highest BCUT2D eigenvalue weighted by Gasteiger charge is 2.21. The molecular weight excluding hydrogens is 248 g/mol. The smallest absolute Gasteiger partial charge is 0.109 e. The van der Waals surface area contributed by atoms with Crippen LogP contribution in [0, 0.1) is 0 Å². The van der Waals surface area contributed by atoms with E-state index in [-0.39, 0.29) is 0 Å². The van der Waals surface area contributed by atoms with Crippen LogP contribution in [0.1, 0.15) is 18.1 Å². The SMILES string of the molecule is Cn1ncc(C(O)C2=COCC2)c1Br. The number of hydrogen-bond acceptors (Lipinski definition) is 3. The van der Waals surface area contributed by atoms with Crippen LogP contribution in [0.3, 0.4) is 0 Å². The van der Waals surface area contributed by atoms with Crippen molar-refractivity contribution < 1.29 is 9.84 Å². The van der Waals surface area contributed by atoms with Gasteiger partial charge in [0.25, 0.3) is 0 Å². The summed E-state index contributed by atoms with van der Waals surface area (Å²) in [5.41, 5.74) is 1.68. The summed E-state index contributed by atoms with van der Waals surface area (Å²) in [6, 6.07) is 0. The molecule has 1 aromatic heterocycles. The molecule has 0 bridgehead atoms. The second-order valence-corrected chi connectivity index (χ2v) is 3.98. The summed E-state index contributed by atoms with van der Waals surface area (Å²) >= 11 is 3.37. The predicted octanol–water partition coefficient (Wildman–Crippen LogP) is 1.52. The van der Waals surface area contributed by atoms with Crippen molar-refractivity contribution in [1.29, 1.82) is 0 Å². The first-order valence-electron chi connectivity index (χ1n) is 4.36. The van der Waals surface area contributed by atoms with Crippen LogP contribution in [0.15, 0.2) is 22.6 Å². The Labute approximate surface area is 90.3 Å². The van der Waals surface area contributed by atoms with Crippen LogP contribution >= 0.6 is 15.9 Å². The third-order valence-corrected chi connectivity index (χ3v) is 3.25. The fraction of sp³-hybridized carbons (Fsp3) is 0.444. The Hall–Kier alpha value is -0.810. The molecular formula is C9H11BrN2O2. The summed E-state index contributed by atoms with van der Waals surface area (Å²) in [5.74, 6) is 0. The van der Waals surface area contributed by atoms with Crippen molar-refractivity contribution in [2.45, 2.75) is 12.5 Å². The molecule has 1 unspecified atom stereocenters. The Balaban J connectivity index is 2.26. The van der Waals surface area contributed by atoms with Crippen molar-refractivity contribution in [2.24, 2.45) is 7.05 Å². The van der Waals surface area contributed by atoms with Gasteiger partial charge in [-0.25, -0.2) is 0 Å². The number of aliphatic hydroxyl groups is 1. The lowest BCUT2D eigenvalue weighted by Gasteiger charge is -2.08. The number of nitrogens with zero attached hydrogens (tertiary/aromatic N) is 2. The van der Waals surface area contributed by atoms with Gasteiger partial charge in [0.2, 0.25) is 0 Å². The summed E-state index contributed by atoms with van der Waals surface area (Å²) in [5, 5.41) is 14.0. The van der Waals surface area contributed by atoms with Crippen LogP contribution < -0.4 is 0 Å². The number of hydrogen-bond donors (Lipinski definition) is 1. The third-order valence-electron chi connectivity index (χ3n) is 2.28. The average Bonchev–Trinajstić information content (AvgIpc) is 2.77. The van der Waals surface area contributed by atoms with Gasteiger partial charge in [0.15, 0.2) is 0 Å². The Kier molecular flexibility index (Phi) is 2.60. The Morgan fingerprint density at radius 1 is 1.71 bits per heavy atom. The van der Waals surface area contributed by atoms with Crippen molar-refractivity contribution >= 4 is 15.9 Å². The van der Waals surface area contributed by atoms with E-state index in [4.69, 9.17) is 4.74 Å². The highest BCUT2D eigenvalue weighted by atomic mass is 79.9. The number of aliphatic hydroxyl groups excluding tert-OH is 1. The Bertz CT molecular complexity index is 373. The minimum absolute atomic E-state index is 0.611. The molecule has 1 aromatic rings. The third kappa shape index (κ3) is 1.57. The molecule has 14 heavy (non-hydrogen) atoms. The van der Waals surface area contributed by atoms with Crippen molar-refractivity contribution in [1.82, 2.24) is 9.78 Å². The lowest BCUT2D eigenvalue weighted by atomic mass is 10.0. The topological polar surface area (TPSA) is 47.3 Å². The summed E-state index contributed by atoms with van der Waals surface area (Å²) in [7, 11) is 1.82. The molecule has 0 saturated carbocycles. The zero-order valence-corrected chi connectivity index (χ0v) is 9.36. The van der Waals surface area contributed by atoms with E-state index < -0.39 is 6.10 Å². The summed E-state index contributed by atoms with van der Waals surface area (Å²) in [6.07, 6.45) is 3.46. The van der Waals surface area contributed by atoms with Crippen LogP contribution in [0.4, 0.5) is 0 Å². The molecule has 1 aliphatic rings. The fourth-order valence-corrected chi connectivity index (χ4v) is 1.84. The first-order chi connectivity index (χ1) is 6.70. The molecule has 5 heteroatoms. The predicted molar refractivity (Wildman–Crippen MR) is 54.5 cm³/mol. The highest BCUT2D eigenvalue weighted by Crippen LogP contribution is 2.31. The molecule has 2 rings (SSSR count). The lowest BCUT2D eigenvalue weighted by Crippen LogP contribution is -2.00. The maximum atomic E-state index is 9.98. The van der Waals surface area contributed by atoms with Gasteiger partial charge >= 0.3 is 0 Å². The van der Waals surface area contributed by atoms with Crippen molar-refractivity contribution in [3.8, 4) is 0 Å². The first kappa shape index (κ1) is 9.73. The number of aromatic nitrogens is 2. The van der Waals surface area contributed by atoms with Gasteiger partial charge in [0.05, 0.1) is 19.1 Å². The van der Waals surface area contributed by atoms with E-state index in [1.54, 1.807) is 17.1 Å². The second kappa shape index (κ2) is 3.74. The van der Waals surface area contributed by atoms with E-state index in [1.807, 2.05) is 7.05 Å². The minimum atomic E-state index is -0.611. The van der Waals surface area contributed by atoms with E-state index in [1.165, 1.54) is 0 Å². The molecule has 0 saturated heterocycles. The van der Waals surface area contributed by atoms with Gasteiger partial charge < -0.3 is 9.84 Å². The van der Waals surface area contributed by atoms with Crippen LogP contribution in [0.25, 0.3) is 0 Å². The quantitative estimate of drug-likeness (QED) is 0.875. The lowest BCUT2D eigenvalue weighted by molar-refractivity contribution is 0.212. The first-order valence-corrected chi connectivity index (χ1v) is 5.15. The molecule has 1 N–H and O–H groups in total. The Morgan fingerprint density at radius 3 is 3.00 bits per heavy atom. The molecule has 0 aliphatic carbocycles. The molecule has 1 atom stereocenters. The molecule has 0 aromatic carbocycles. The van der Waals surface area contributed by atoms with Gasteiger partial charge in [-0.1, -0.05) is 0 Å². The molecule has 0 amide bonds.